The minimum Gasteiger partial charge on any atom is -0.361 e. The Hall–Kier alpha value is -3.35. The summed E-state index contributed by atoms with van der Waals surface area (Å²) in [5.74, 6) is 1.53. The molecule has 29 heavy (non-hydrogen) atoms. The molecule has 2 aromatic heterocycles. The number of hydrogen-bond donors (Lipinski definition) is 3. The molecule has 0 fully saturated rings. The average Bonchev–Trinajstić information content (AvgIpc) is 3.27. The van der Waals surface area contributed by atoms with Crippen molar-refractivity contribution in [1.82, 2.24) is 25.2 Å². The normalized spacial score (nSPS) is 12.0. The van der Waals surface area contributed by atoms with Crippen molar-refractivity contribution in [3.63, 3.8) is 0 Å². The average molecular weight is 392 g/mol. The Morgan fingerprint density at radius 2 is 2.00 bits per heavy atom. The lowest BCUT2D eigenvalue weighted by Gasteiger charge is -2.13. The van der Waals surface area contributed by atoms with Gasteiger partial charge in [0.1, 0.15) is 11.6 Å². The molecule has 0 saturated carbocycles. The van der Waals surface area contributed by atoms with Crippen molar-refractivity contribution in [3.8, 4) is 0 Å². The molecule has 2 heterocycles. The van der Waals surface area contributed by atoms with E-state index in [9.17, 15) is 4.39 Å². The second kappa shape index (κ2) is 8.34. The van der Waals surface area contributed by atoms with Gasteiger partial charge < -0.3 is 20.2 Å². The molecule has 0 spiro atoms. The molecule has 0 aliphatic rings. The summed E-state index contributed by atoms with van der Waals surface area (Å²) >= 11 is 0. The van der Waals surface area contributed by atoms with Crippen LogP contribution < -0.4 is 10.6 Å². The predicted molar refractivity (Wildman–Crippen MR) is 116 cm³/mol. The molecule has 4 rings (SSSR count). The Morgan fingerprint density at radius 3 is 2.86 bits per heavy atom. The van der Waals surface area contributed by atoms with E-state index in [1.54, 1.807) is 19.2 Å². The van der Waals surface area contributed by atoms with Crippen molar-refractivity contribution < 1.29 is 4.39 Å². The number of H-pyrrole nitrogens is 1. The highest BCUT2D eigenvalue weighted by Crippen LogP contribution is 2.19. The second-order valence-electron chi connectivity index (χ2n) is 6.98. The van der Waals surface area contributed by atoms with E-state index in [1.807, 2.05) is 31.3 Å². The number of aromatic amines is 1. The first-order valence-electron chi connectivity index (χ1n) is 9.77. The third kappa shape index (κ3) is 4.08. The fourth-order valence-corrected chi connectivity index (χ4v) is 3.66. The minimum absolute atomic E-state index is 0.217. The number of aromatic nitrogens is 3. The smallest absolute Gasteiger partial charge is 0.191 e. The highest BCUT2D eigenvalue weighted by molar-refractivity contribution is 5.83. The summed E-state index contributed by atoms with van der Waals surface area (Å²) in [6, 6.07) is 13.0. The zero-order valence-electron chi connectivity index (χ0n) is 16.7. The van der Waals surface area contributed by atoms with Crippen LogP contribution in [0.2, 0.25) is 0 Å². The number of nitrogens with one attached hydrogen (secondary N) is 3. The largest absolute Gasteiger partial charge is 0.361 e. The van der Waals surface area contributed by atoms with E-state index >= 15 is 0 Å². The molecule has 150 valence electrons. The van der Waals surface area contributed by atoms with Crippen molar-refractivity contribution in [2.24, 2.45) is 4.99 Å². The predicted octanol–water partition coefficient (Wildman–Crippen LogP) is 3.37. The van der Waals surface area contributed by atoms with Gasteiger partial charge in [-0.05, 0) is 49.2 Å². The van der Waals surface area contributed by atoms with Crippen molar-refractivity contribution in [2.45, 2.75) is 19.9 Å². The first kappa shape index (κ1) is 19.0. The molecule has 0 radical (unpaired) electrons. The van der Waals surface area contributed by atoms with Gasteiger partial charge in [0.15, 0.2) is 5.96 Å². The lowest BCUT2D eigenvalue weighted by Crippen LogP contribution is -2.39. The number of aryl methyl sites for hydroxylation is 1. The number of para-hydroxylation sites is 2. The van der Waals surface area contributed by atoms with Crippen LogP contribution in [0.15, 0.2) is 53.7 Å². The Balaban J connectivity index is 1.30. The Morgan fingerprint density at radius 1 is 1.17 bits per heavy atom. The number of imidazole rings is 1. The molecule has 0 aliphatic heterocycles. The van der Waals surface area contributed by atoms with E-state index in [2.05, 4.69) is 36.2 Å². The van der Waals surface area contributed by atoms with E-state index in [-0.39, 0.29) is 5.82 Å². The van der Waals surface area contributed by atoms with Gasteiger partial charge in [-0.1, -0.05) is 12.1 Å². The highest BCUT2D eigenvalue weighted by Gasteiger charge is 2.07. The van der Waals surface area contributed by atoms with Crippen LogP contribution >= 0.6 is 0 Å². The third-order valence-corrected chi connectivity index (χ3v) is 5.11. The van der Waals surface area contributed by atoms with Gasteiger partial charge in [0.05, 0.1) is 11.0 Å². The van der Waals surface area contributed by atoms with Crippen LogP contribution in [0, 0.1) is 12.7 Å². The van der Waals surface area contributed by atoms with Crippen molar-refractivity contribution in [1.29, 1.82) is 0 Å². The Labute approximate surface area is 168 Å². The summed E-state index contributed by atoms with van der Waals surface area (Å²) in [6.07, 6.45) is 2.71. The Bertz CT molecular complexity index is 1160. The third-order valence-electron chi connectivity index (χ3n) is 5.11. The first-order valence-corrected chi connectivity index (χ1v) is 9.77. The minimum atomic E-state index is -0.217. The molecule has 6 nitrogen and oxygen atoms in total. The number of benzene rings is 2. The van der Waals surface area contributed by atoms with Gasteiger partial charge in [0, 0.05) is 43.8 Å². The fraction of sp³-hybridized carbons (Fsp3) is 0.273. The van der Waals surface area contributed by atoms with Crippen molar-refractivity contribution >= 4 is 27.9 Å². The lowest BCUT2D eigenvalue weighted by molar-refractivity contribution is 0.629. The number of nitrogens with zero attached hydrogens (tertiary/aromatic N) is 3. The molecule has 2 aromatic carbocycles. The lowest BCUT2D eigenvalue weighted by atomic mass is 10.1. The molecule has 4 aromatic rings. The molecule has 0 unspecified atom stereocenters. The van der Waals surface area contributed by atoms with Crippen LogP contribution in [-0.2, 0) is 13.0 Å². The zero-order chi connectivity index (χ0) is 20.2. The summed E-state index contributed by atoms with van der Waals surface area (Å²) in [5, 5.41) is 7.60. The van der Waals surface area contributed by atoms with Crippen LogP contribution in [0.4, 0.5) is 4.39 Å². The van der Waals surface area contributed by atoms with E-state index in [1.165, 1.54) is 6.07 Å². The van der Waals surface area contributed by atoms with Crippen molar-refractivity contribution in [3.05, 3.63) is 65.9 Å². The van der Waals surface area contributed by atoms with Gasteiger partial charge in [-0.15, -0.1) is 0 Å². The molecule has 7 heteroatoms. The quantitative estimate of drug-likeness (QED) is 0.348. The molecule has 3 N–H and O–H groups in total. The maximum atomic E-state index is 13.5. The maximum absolute atomic E-state index is 13.5. The summed E-state index contributed by atoms with van der Waals surface area (Å²) in [5.41, 5.74) is 4.19. The van der Waals surface area contributed by atoms with Crippen LogP contribution in [-0.4, -0.2) is 40.6 Å². The standard InChI is InChI=1S/C22H25FN6/c1-15-28-20-5-3-4-6-21(20)29(15)12-11-26-22(24-2)25-10-9-16-14-27-19-8-7-17(23)13-18(16)19/h3-8,13-14,27H,9-12H2,1-2H3,(H2,24,25,26). The second-order valence-corrected chi connectivity index (χ2v) is 6.98. The number of halogens is 1. The topological polar surface area (TPSA) is 70.0 Å². The van der Waals surface area contributed by atoms with Gasteiger partial charge in [0.25, 0.3) is 0 Å². The van der Waals surface area contributed by atoms with Crippen LogP contribution in [0.5, 0.6) is 0 Å². The molecular weight excluding hydrogens is 367 g/mol. The molecular formula is C22H25FN6. The Kier molecular flexibility index (Phi) is 5.46. The number of aliphatic imine (C=N–C) groups is 1. The van der Waals surface area contributed by atoms with E-state index in [0.29, 0.717) is 6.54 Å². The zero-order valence-corrected chi connectivity index (χ0v) is 16.7. The summed E-state index contributed by atoms with van der Waals surface area (Å²) in [4.78, 5) is 12.1. The molecule has 0 amide bonds. The van der Waals surface area contributed by atoms with Crippen LogP contribution in [0.3, 0.4) is 0 Å². The van der Waals surface area contributed by atoms with E-state index in [4.69, 9.17) is 0 Å². The maximum Gasteiger partial charge on any atom is 0.191 e. The van der Waals surface area contributed by atoms with E-state index < -0.39 is 0 Å². The van der Waals surface area contributed by atoms with E-state index in [0.717, 1.165) is 58.8 Å². The van der Waals surface area contributed by atoms with Gasteiger partial charge in [-0.3, -0.25) is 4.99 Å². The van der Waals surface area contributed by atoms with Gasteiger partial charge in [-0.25, -0.2) is 9.37 Å². The van der Waals surface area contributed by atoms with Crippen LogP contribution in [0.1, 0.15) is 11.4 Å². The molecule has 0 bridgehead atoms. The van der Waals surface area contributed by atoms with Crippen molar-refractivity contribution in [2.75, 3.05) is 20.1 Å². The number of rotatable bonds is 6. The summed E-state index contributed by atoms with van der Waals surface area (Å²) < 4.78 is 15.7. The summed E-state index contributed by atoms with van der Waals surface area (Å²) in [6.45, 7) is 4.27. The fourth-order valence-electron chi connectivity index (χ4n) is 3.66. The van der Waals surface area contributed by atoms with Crippen LogP contribution in [0.25, 0.3) is 21.9 Å². The molecule has 0 aliphatic carbocycles. The SMILES string of the molecule is CN=C(NCCc1c[nH]c2ccc(F)cc12)NCCn1c(C)nc2ccccc21. The van der Waals surface area contributed by atoms with Gasteiger partial charge >= 0.3 is 0 Å². The van der Waals surface area contributed by atoms with Gasteiger partial charge in [-0.2, -0.15) is 0 Å². The highest BCUT2D eigenvalue weighted by atomic mass is 19.1. The van der Waals surface area contributed by atoms with Gasteiger partial charge in [0.2, 0.25) is 0 Å². The molecule has 0 saturated heterocycles. The monoisotopic (exact) mass is 392 g/mol. The number of guanidine groups is 1. The number of hydrogen-bond acceptors (Lipinski definition) is 2. The number of fused-ring (bicyclic) bond motifs is 2. The summed E-state index contributed by atoms with van der Waals surface area (Å²) in [7, 11) is 1.76. The first-order chi connectivity index (χ1) is 14.2. The molecule has 0 atom stereocenters.